The highest BCUT2D eigenvalue weighted by Gasteiger charge is 2.13. The van der Waals surface area contributed by atoms with Gasteiger partial charge in [-0.25, -0.2) is 9.78 Å². The third-order valence-electron chi connectivity index (χ3n) is 3.27. The molecule has 1 aromatic heterocycles. The Labute approximate surface area is 152 Å². The number of carbonyl (C=O) groups is 2. The minimum absolute atomic E-state index is 0.0329. The number of hydrogen-bond acceptors (Lipinski definition) is 6. The predicted octanol–water partition coefficient (Wildman–Crippen LogP) is 3.76. The number of hydrogen-bond donors (Lipinski definition) is 2. The summed E-state index contributed by atoms with van der Waals surface area (Å²) in [7, 11) is 0. The van der Waals surface area contributed by atoms with Gasteiger partial charge in [-0.1, -0.05) is 29.5 Å². The Balaban J connectivity index is 1.77. The molecule has 3 rings (SSSR count). The first-order valence-corrected chi connectivity index (χ1v) is 8.16. The van der Waals surface area contributed by atoms with Gasteiger partial charge in [0.2, 0.25) is 0 Å². The van der Waals surface area contributed by atoms with E-state index in [2.05, 4.69) is 10.3 Å². The number of carbonyl (C=O) groups excluding carboxylic acids is 1. The molecule has 0 aliphatic carbocycles. The fraction of sp³-hybridized carbons (Fsp3) is 0. The molecule has 0 aliphatic rings. The number of amides is 1. The monoisotopic (exact) mass is 365 g/mol. The van der Waals surface area contributed by atoms with Crippen LogP contribution in [0.5, 0.6) is 11.5 Å². The Morgan fingerprint density at radius 1 is 1.19 bits per heavy atom. The zero-order chi connectivity index (χ0) is 18.5. The molecule has 8 heteroatoms. The quantitative estimate of drug-likeness (QED) is 0.712. The molecule has 1 heterocycles. The molecule has 0 saturated heterocycles. The number of rotatable bonds is 5. The summed E-state index contributed by atoms with van der Waals surface area (Å²) in [4.78, 5) is 27.1. The predicted molar refractivity (Wildman–Crippen MR) is 94.7 cm³/mol. The average Bonchev–Trinajstić information content (AvgIpc) is 3.11. The number of carboxylic acids is 1. The summed E-state index contributed by atoms with van der Waals surface area (Å²) < 4.78 is 5.68. The number of para-hydroxylation sites is 1. The van der Waals surface area contributed by atoms with Gasteiger partial charge in [0.25, 0.3) is 5.91 Å². The molecule has 2 N–H and O–H groups in total. The lowest BCUT2D eigenvalue weighted by atomic mass is 10.2. The van der Waals surface area contributed by atoms with Gasteiger partial charge in [-0.05, 0) is 30.3 Å². The van der Waals surface area contributed by atoms with Crippen LogP contribution in [0.15, 0.2) is 54.7 Å². The van der Waals surface area contributed by atoms with Crippen molar-refractivity contribution in [3.63, 3.8) is 0 Å². The molecule has 26 heavy (non-hydrogen) atoms. The van der Waals surface area contributed by atoms with Crippen molar-refractivity contribution in [2.75, 3.05) is 5.32 Å². The SMILES string of the molecule is N#Cc1ccccc1Oc1cccc(C(=O)Nc2ncc(C(=O)O)s2)c1. The molecular formula is C18H11N3O4S. The van der Waals surface area contributed by atoms with Crippen molar-refractivity contribution in [2.24, 2.45) is 0 Å². The minimum Gasteiger partial charge on any atom is -0.477 e. The first kappa shape index (κ1) is 17.1. The van der Waals surface area contributed by atoms with Crippen LogP contribution in [0.3, 0.4) is 0 Å². The van der Waals surface area contributed by atoms with Crippen molar-refractivity contribution < 1.29 is 19.4 Å². The van der Waals surface area contributed by atoms with Gasteiger partial charge in [-0.3, -0.25) is 10.1 Å². The van der Waals surface area contributed by atoms with Crippen molar-refractivity contribution in [3.8, 4) is 17.6 Å². The molecular weight excluding hydrogens is 354 g/mol. The molecule has 0 radical (unpaired) electrons. The summed E-state index contributed by atoms with van der Waals surface area (Å²) >= 11 is 0.866. The van der Waals surface area contributed by atoms with E-state index < -0.39 is 11.9 Å². The van der Waals surface area contributed by atoms with E-state index in [1.165, 1.54) is 12.3 Å². The van der Waals surface area contributed by atoms with Crippen LogP contribution in [0.2, 0.25) is 0 Å². The van der Waals surface area contributed by atoms with E-state index in [0.29, 0.717) is 22.6 Å². The molecule has 0 fully saturated rings. The number of anilines is 1. The van der Waals surface area contributed by atoms with Gasteiger partial charge in [0, 0.05) is 5.56 Å². The van der Waals surface area contributed by atoms with Crippen LogP contribution in [0.4, 0.5) is 5.13 Å². The lowest BCUT2D eigenvalue weighted by molar-refractivity contribution is 0.0701. The summed E-state index contributed by atoms with van der Waals surface area (Å²) in [5.41, 5.74) is 0.690. The smallest absolute Gasteiger partial charge is 0.347 e. The fourth-order valence-corrected chi connectivity index (χ4v) is 2.73. The number of nitriles is 1. The van der Waals surface area contributed by atoms with E-state index in [-0.39, 0.29) is 10.0 Å². The Bertz CT molecular complexity index is 1020. The van der Waals surface area contributed by atoms with Gasteiger partial charge >= 0.3 is 5.97 Å². The zero-order valence-electron chi connectivity index (χ0n) is 13.2. The number of nitrogens with zero attached hydrogens (tertiary/aromatic N) is 2. The molecule has 0 unspecified atom stereocenters. The van der Waals surface area contributed by atoms with Crippen molar-refractivity contribution in [2.45, 2.75) is 0 Å². The van der Waals surface area contributed by atoms with Crippen LogP contribution < -0.4 is 10.1 Å². The molecule has 0 saturated carbocycles. The lowest BCUT2D eigenvalue weighted by Gasteiger charge is -2.08. The third-order valence-corrected chi connectivity index (χ3v) is 4.17. The number of aromatic carboxylic acids is 1. The zero-order valence-corrected chi connectivity index (χ0v) is 14.0. The Hall–Kier alpha value is -3.70. The molecule has 0 aliphatic heterocycles. The number of benzene rings is 2. The van der Waals surface area contributed by atoms with E-state index in [1.54, 1.807) is 42.5 Å². The first-order valence-electron chi connectivity index (χ1n) is 7.34. The first-order chi connectivity index (χ1) is 12.6. The summed E-state index contributed by atoms with van der Waals surface area (Å²) in [6, 6.07) is 15.2. The number of thiazole rings is 1. The topological polar surface area (TPSA) is 112 Å². The Kier molecular flexibility index (Phi) is 4.92. The highest BCUT2D eigenvalue weighted by molar-refractivity contribution is 7.17. The largest absolute Gasteiger partial charge is 0.477 e. The normalized spacial score (nSPS) is 9.96. The van der Waals surface area contributed by atoms with E-state index in [4.69, 9.17) is 15.1 Å². The molecule has 7 nitrogen and oxygen atoms in total. The summed E-state index contributed by atoms with van der Waals surface area (Å²) in [5.74, 6) is -0.769. The van der Waals surface area contributed by atoms with E-state index in [9.17, 15) is 9.59 Å². The molecule has 1 amide bonds. The Morgan fingerprint density at radius 3 is 2.73 bits per heavy atom. The van der Waals surface area contributed by atoms with Crippen molar-refractivity contribution >= 4 is 28.3 Å². The summed E-state index contributed by atoms with van der Waals surface area (Å²) in [6.07, 6.45) is 1.18. The summed E-state index contributed by atoms with van der Waals surface area (Å²) in [5, 5.41) is 20.7. The van der Waals surface area contributed by atoms with Gasteiger partial charge in [-0.15, -0.1) is 0 Å². The van der Waals surface area contributed by atoms with Gasteiger partial charge in [0.15, 0.2) is 5.13 Å². The van der Waals surface area contributed by atoms with Gasteiger partial charge in [0.1, 0.15) is 22.4 Å². The van der Waals surface area contributed by atoms with Crippen LogP contribution in [-0.4, -0.2) is 22.0 Å². The number of ether oxygens (including phenoxy) is 1. The number of aromatic nitrogens is 1. The van der Waals surface area contributed by atoms with Crippen LogP contribution in [-0.2, 0) is 0 Å². The van der Waals surface area contributed by atoms with Gasteiger partial charge in [0.05, 0.1) is 11.8 Å². The van der Waals surface area contributed by atoms with E-state index >= 15 is 0 Å². The van der Waals surface area contributed by atoms with Gasteiger partial charge < -0.3 is 9.84 Å². The average molecular weight is 365 g/mol. The van der Waals surface area contributed by atoms with Crippen LogP contribution >= 0.6 is 11.3 Å². The molecule has 0 spiro atoms. The maximum absolute atomic E-state index is 12.3. The standard InChI is InChI=1S/C18H11N3O4S/c19-9-12-4-1-2-7-14(12)25-13-6-3-5-11(8-13)16(22)21-18-20-10-15(26-18)17(23)24/h1-8,10H,(H,23,24)(H,20,21,22). The second kappa shape index (κ2) is 7.46. The molecule has 3 aromatic rings. The van der Waals surface area contributed by atoms with Crippen molar-refractivity contribution in [1.82, 2.24) is 4.98 Å². The molecule has 0 bridgehead atoms. The maximum Gasteiger partial charge on any atom is 0.347 e. The maximum atomic E-state index is 12.3. The highest BCUT2D eigenvalue weighted by Crippen LogP contribution is 2.26. The summed E-state index contributed by atoms with van der Waals surface area (Å²) in [6.45, 7) is 0. The van der Waals surface area contributed by atoms with Crippen molar-refractivity contribution in [1.29, 1.82) is 5.26 Å². The molecule has 0 atom stereocenters. The second-order valence-corrected chi connectivity index (χ2v) is 6.06. The lowest BCUT2D eigenvalue weighted by Crippen LogP contribution is -2.11. The molecule has 128 valence electrons. The molecule has 2 aromatic carbocycles. The number of nitrogens with one attached hydrogen (secondary N) is 1. The second-order valence-electron chi connectivity index (χ2n) is 5.03. The number of carboxylic acid groups (broad SMARTS) is 1. The van der Waals surface area contributed by atoms with Gasteiger partial charge in [-0.2, -0.15) is 5.26 Å². The minimum atomic E-state index is -1.10. The van der Waals surface area contributed by atoms with E-state index in [1.807, 2.05) is 6.07 Å². The fourth-order valence-electron chi connectivity index (χ4n) is 2.08. The van der Waals surface area contributed by atoms with Crippen LogP contribution in [0.25, 0.3) is 0 Å². The third kappa shape index (κ3) is 3.85. The van der Waals surface area contributed by atoms with E-state index in [0.717, 1.165) is 11.3 Å². The van der Waals surface area contributed by atoms with Crippen LogP contribution in [0.1, 0.15) is 25.6 Å². The van der Waals surface area contributed by atoms with Crippen molar-refractivity contribution in [3.05, 3.63) is 70.7 Å². The van der Waals surface area contributed by atoms with Crippen LogP contribution in [0, 0.1) is 11.3 Å². The highest BCUT2D eigenvalue weighted by atomic mass is 32.1. The Morgan fingerprint density at radius 2 is 2.00 bits per heavy atom.